The van der Waals surface area contributed by atoms with Gasteiger partial charge in [-0.2, -0.15) is 0 Å². The van der Waals surface area contributed by atoms with Gasteiger partial charge in [-0.15, -0.1) is 0 Å². The molecule has 2 rings (SSSR count). The molecule has 0 unspecified atom stereocenters. The van der Waals surface area contributed by atoms with E-state index in [9.17, 15) is 0 Å². The van der Waals surface area contributed by atoms with Gasteiger partial charge in [0, 0.05) is 27.6 Å². The number of aromatic nitrogens is 1. The molecule has 0 aliphatic carbocycles. The van der Waals surface area contributed by atoms with Crippen molar-refractivity contribution in [3.05, 3.63) is 34.4 Å². The van der Waals surface area contributed by atoms with Gasteiger partial charge < -0.3 is 10.7 Å². The lowest BCUT2D eigenvalue weighted by atomic mass is 10.1. The molecule has 1 aromatic carbocycles. The Balaban J connectivity index is 2.50. The fourth-order valence-electron chi connectivity index (χ4n) is 1.67. The zero-order chi connectivity index (χ0) is 10.1. The van der Waals surface area contributed by atoms with Crippen LogP contribution in [-0.4, -0.2) is 11.0 Å². The molecule has 0 aliphatic heterocycles. The monoisotopic (exact) mass is 252 g/mol. The summed E-state index contributed by atoms with van der Waals surface area (Å²) in [5.41, 5.74) is 8.25. The summed E-state index contributed by atoms with van der Waals surface area (Å²) in [6.07, 6.45) is 2.96. The average Bonchev–Trinajstić information content (AvgIpc) is 2.47. The Labute approximate surface area is 91.6 Å². The first-order chi connectivity index (χ1) is 6.66. The Kier molecular flexibility index (Phi) is 2.61. The van der Waals surface area contributed by atoms with Crippen molar-refractivity contribution >= 4 is 26.8 Å². The molecule has 14 heavy (non-hydrogen) atoms. The lowest BCUT2D eigenvalue weighted by Gasteiger charge is -2.02. The molecular weight excluding hydrogens is 240 g/mol. The number of rotatable bonds is 2. The van der Waals surface area contributed by atoms with Gasteiger partial charge in [0.2, 0.25) is 0 Å². The van der Waals surface area contributed by atoms with Crippen molar-refractivity contribution in [3.8, 4) is 0 Å². The third kappa shape index (κ3) is 1.83. The lowest BCUT2D eigenvalue weighted by Crippen LogP contribution is -2.17. The average molecular weight is 253 g/mol. The Bertz CT molecular complexity index is 445. The quantitative estimate of drug-likeness (QED) is 0.849. The summed E-state index contributed by atoms with van der Waals surface area (Å²) < 4.78 is 1.11. The number of hydrogen-bond acceptors (Lipinski definition) is 1. The number of benzene rings is 1. The maximum atomic E-state index is 5.79. The number of nitrogens with two attached hydrogens (primary N) is 1. The second-order valence-electron chi connectivity index (χ2n) is 3.69. The van der Waals surface area contributed by atoms with Crippen LogP contribution in [0.2, 0.25) is 0 Å². The van der Waals surface area contributed by atoms with Gasteiger partial charge in [-0.25, -0.2) is 0 Å². The number of H-pyrrole nitrogens is 1. The molecule has 0 aliphatic rings. The number of hydrogen-bond donors (Lipinski definition) is 2. The largest absolute Gasteiger partial charge is 0.361 e. The van der Waals surface area contributed by atoms with Crippen molar-refractivity contribution in [2.45, 2.75) is 19.4 Å². The van der Waals surface area contributed by atoms with Crippen LogP contribution in [-0.2, 0) is 6.42 Å². The molecule has 2 nitrogen and oxygen atoms in total. The fourth-order valence-corrected chi connectivity index (χ4v) is 2.03. The van der Waals surface area contributed by atoms with Gasteiger partial charge in [-0.05, 0) is 37.1 Å². The standard InChI is InChI=1S/C11H13BrN2/c1-7(13)4-8-6-14-11-3-2-9(12)5-10(8)11/h2-3,5-7,14H,4,13H2,1H3/t7-/m0/s1. The van der Waals surface area contributed by atoms with Crippen molar-refractivity contribution in [3.63, 3.8) is 0 Å². The molecule has 0 fully saturated rings. The van der Waals surface area contributed by atoms with Gasteiger partial charge >= 0.3 is 0 Å². The van der Waals surface area contributed by atoms with Crippen LogP contribution in [0, 0.1) is 0 Å². The van der Waals surface area contributed by atoms with Crippen LogP contribution < -0.4 is 5.73 Å². The Hall–Kier alpha value is -0.800. The van der Waals surface area contributed by atoms with E-state index in [2.05, 4.69) is 33.0 Å². The van der Waals surface area contributed by atoms with Crippen molar-refractivity contribution in [2.75, 3.05) is 0 Å². The molecule has 74 valence electrons. The number of aromatic amines is 1. The van der Waals surface area contributed by atoms with Crippen molar-refractivity contribution in [2.24, 2.45) is 5.73 Å². The van der Waals surface area contributed by atoms with E-state index in [4.69, 9.17) is 5.73 Å². The summed E-state index contributed by atoms with van der Waals surface area (Å²) in [4.78, 5) is 3.24. The van der Waals surface area contributed by atoms with Crippen molar-refractivity contribution < 1.29 is 0 Å². The molecule has 0 radical (unpaired) electrons. The van der Waals surface area contributed by atoms with Crippen LogP contribution in [0.15, 0.2) is 28.9 Å². The summed E-state index contributed by atoms with van der Waals surface area (Å²) in [7, 11) is 0. The molecule has 3 heteroatoms. The van der Waals surface area contributed by atoms with Crippen LogP contribution in [0.5, 0.6) is 0 Å². The lowest BCUT2D eigenvalue weighted by molar-refractivity contribution is 0.741. The highest BCUT2D eigenvalue weighted by Gasteiger charge is 2.05. The molecule has 3 N–H and O–H groups in total. The van der Waals surface area contributed by atoms with Crippen molar-refractivity contribution in [1.29, 1.82) is 0 Å². The summed E-state index contributed by atoms with van der Waals surface area (Å²) in [5.74, 6) is 0. The van der Waals surface area contributed by atoms with Gasteiger partial charge in [0.1, 0.15) is 0 Å². The molecule has 0 spiro atoms. The highest BCUT2D eigenvalue weighted by atomic mass is 79.9. The normalized spacial score (nSPS) is 13.4. The summed E-state index contributed by atoms with van der Waals surface area (Å²) in [6.45, 7) is 2.02. The molecule has 0 saturated heterocycles. The predicted molar refractivity (Wildman–Crippen MR) is 63.4 cm³/mol. The second-order valence-corrected chi connectivity index (χ2v) is 4.60. The highest BCUT2D eigenvalue weighted by Crippen LogP contribution is 2.23. The predicted octanol–water partition coefficient (Wildman–Crippen LogP) is 2.82. The van der Waals surface area contributed by atoms with Crippen molar-refractivity contribution in [1.82, 2.24) is 4.98 Å². The van der Waals surface area contributed by atoms with E-state index < -0.39 is 0 Å². The smallest absolute Gasteiger partial charge is 0.0457 e. The summed E-state index contributed by atoms with van der Waals surface area (Å²) in [5, 5.41) is 1.26. The minimum atomic E-state index is 0.202. The van der Waals surface area contributed by atoms with Gasteiger partial charge in [0.05, 0.1) is 0 Å². The Morgan fingerprint density at radius 2 is 2.29 bits per heavy atom. The third-order valence-corrected chi connectivity index (χ3v) is 2.76. The first-order valence-electron chi connectivity index (χ1n) is 4.68. The molecule has 1 heterocycles. The molecule has 2 aromatic rings. The zero-order valence-corrected chi connectivity index (χ0v) is 9.64. The molecule has 0 bridgehead atoms. The van der Waals surface area contributed by atoms with Crippen LogP contribution in [0.25, 0.3) is 10.9 Å². The van der Waals surface area contributed by atoms with Gasteiger partial charge in [-0.3, -0.25) is 0 Å². The second kappa shape index (κ2) is 3.75. The topological polar surface area (TPSA) is 41.8 Å². The van der Waals surface area contributed by atoms with E-state index in [1.165, 1.54) is 16.5 Å². The summed E-state index contributed by atoms with van der Waals surface area (Å²) >= 11 is 3.47. The maximum Gasteiger partial charge on any atom is 0.0457 e. The Morgan fingerprint density at radius 1 is 1.50 bits per heavy atom. The van der Waals surface area contributed by atoms with Crippen LogP contribution in [0.3, 0.4) is 0 Å². The first kappa shape index (κ1) is 9.74. The minimum Gasteiger partial charge on any atom is -0.361 e. The third-order valence-electron chi connectivity index (χ3n) is 2.27. The molecular formula is C11H13BrN2. The van der Waals surface area contributed by atoms with Crippen LogP contribution >= 0.6 is 15.9 Å². The zero-order valence-electron chi connectivity index (χ0n) is 8.05. The molecule has 1 atom stereocenters. The van der Waals surface area contributed by atoms with Gasteiger partial charge in [-0.1, -0.05) is 15.9 Å². The number of nitrogens with one attached hydrogen (secondary N) is 1. The molecule has 1 aromatic heterocycles. The SMILES string of the molecule is C[C@H](N)Cc1c[nH]c2ccc(Br)cc12. The van der Waals surface area contributed by atoms with Crippen LogP contribution in [0.4, 0.5) is 0 Å². The molecule has 0 saturated carbocycles. The number of fused-ring (bicyclic) bond motifs is 1. The minimum absolute atomic E-state index is 0.202. The van der Waals surface area contributed by atoms with Gasteiger partial charge in [0.15, 0.2) is 0 Å². The number of halogens is 1. The van der Waals surface area contributed by atoms with E-state index >= 15 is 0 Å². The van der Waals surface area contributed by atoms with Gasteiger partial charge in [0.25, 0.3) is 0 Å². The fraction of sp³-hybridized carbons (Fsp3) is 0.273. The molecule has 0 amide bonds. The van der Waals surface area contributed by atoms with Crippen LogP contribution in [0.1, 0.15) is 12.5 Å². The van der Waals surface area contributed by atoms with E-state index in [1.807, 2.05) is 19.2 Å². The highest BCUT2D eigenvalue weighted by molar-refractivity contribution is 9.10. The van der Waals surface area contributed by atoms with E-state index in [1.54, 1.807) is 0 Å². The van der Waals surface area contributed by atoms with E-state index in [-0.39, 0.29) is 6.04 Å². The Morgan fingerprint density at radius 3 is 3.00 bits per heavy atom. The van der Waals surface area contributed by atoms with E-state index in [0.29, 0.717) is 0 Å². The van der Waals surface area contributed by atoms with E-state index in [0.717, 1.165) is 10.9 Å². The summed E-state index contributed by atoms with van der Waals surface area (Å²) in [6, 6.07) is 6.44. The maximum absolute atomic E-state index is 5.79. The first-order valence-corrected chi connectivity index (χ1v) is 5.47.